The van der Waals surface area contributed by atoms with E-state index in [0.29, 0.717) is 31.8 Å². The van der Waals surface area contributed by atoms with Gasteiger partial charge in [0.2, 0.25) is 5.91 Å². The molecule has 1 aliphatic carbocycles. The summed E-state index contributed by atoms with van der Waals surface area (Å²) in [5.74, 6) is 1.49. The van der Waals surface area contributed by atoms with Gasteiger partial charge in [0.1, 0.15) is 5.75 Å². The first-order chi connectivity index (χ1) is 14.6. The van der Waals surface area contributed by atoms with E-state index in [1.807, 2.05) is 26.0 Å². The molecule has 0 spiro atoms. The summed E-state index contributed by atoms with van der Waals surface area (Å²) in [6.07, 6.45) is 6.69. The third kappa shape index (κ3) is 11.0. The van der Waals surface area contributed by atoms with Gasteiger partial charge in [0, 0.05) is 38.3 Å². The zero-order valence-corrected chi connectivity index (χ0v) is 21.5. The smallest absolute Gasteiger partial charge is 0.239 e. The number of hydrogen-bond donors (Lipinski definition) is 3. The Morgan fingerprint density at radius 1 is 1.16 bits per heavy atom. The van der Waals surface area contributed by atoms with Crippen molar-refractivity contribution in [2.24, 2.45) is 4.99 Å². The average Bonchev–Trinajstić information content (AvgIpc) is 2.75. The van der Waals surface area contributed by atoms with Crippen molar-refractivity contribution >= 4 is 35.8 Å². The fourth-order valence-electron chi connectivity index (χ4n) is 3.51. The van der Waals surface area contributed by atoms with E-state index in [2.05, 4.69) is 27.0 Å². The Morgan fingerprint density at radius 3 is 2.65 bits per heavy atom. The van der Waals surface area contributed by atoms with Crippen LogP contribution in [0.15, 0.2) is 23.2 Å². The summed E-state index contributed by atoms with van der Waals surface area (Å²) in [6.45, 7) is 6.76. The molecule has 1 fully saturated rings. The van der Waals surface area contributed by atoms with Gasteiger partial charge in [-0.05, 0) is 38.3 Å². The fourth-order valence-corrected chi connectivity index (χ4v) is 3.51. The molecule has 0 radical (unpaired) electrons. The molecule has 1 aliphatic rings. The Kier molecular flexibility index (Phi) is 14.3. The third-order valence-electron chi connectivity index (χ3n) is 5.11. The molecule has 1 amide bonds. The first kappa shape index (κ1) is 27.5. The van der Waals surface area contributed by atoms with Crippen molar-refractivity contribution in [3.63, 3.8) is 0 Å². The van der Waals surface area contributed by atoms with Crippen molar-refractivity contribution < 1.29 is 14.3 Å². The number of benzene rings is 1. The number of carbonyl (C=O) groups excluding carboxylic acids is 1. The summed E-state index contributed by atoms with van der Waals surface area (Å²) < 4.78 is 11.0. The van der Waals surface area contributed by atoms with Crippen molar-refractivity contribution in [3.8, 4) is 5.75 Å². The number of guanidine groups is 1. The largest absolute Gasteiger partial charge is 0.493 e. The maximum absolute atomic E-state index is 12.3. The van der Waals surface area contributed by atoms with Crippen molar-refractivity contribution in [2.45, 2.75) is 65.0 Å². The highest BCUT2D eigenvalue weighted by atomic mass is 127. The summed E-state index contributed by atoms with van der Waals surface area (Å²) in [5.41, 5.74) is 2.16. The summed E-state index contributed by atoms with van der Waals surface area (Å²) in [7, 11) is 1.69. The predicted molar refractivity (Wildman–Crippen MR) is 136 cm³/mol. The van der Waals surface area contributed by atoms with E-state index in [1.54, 1.807) is 7.11 Å². The minimum atomic E-state index is 0. The number of aryl methyl sites for hydroxylation is 1. The molecule has 7 nitrogen and oxygen atoms in total. The Morgan fingerprint density at radius 2 is 1.94 bits per heavy atom. The number of hydrogen-bond acceptors (Lipinski definition) is 4. The summed E-state index contributed by atoms with van der Waals surface area (Å²) >= 11 is 0. The van der Waals surface area contributed by atoms with Gasteiger partial charge >= 0.3 is 0 Å². The minimum Gasteiger partial charge on any atom is -0.493 e. The lowest BCUT2D eigenvalue weighted by atomic mass is 9.95. The summed E-state index contributed by atoms with van der Waals surface area (Å²) in [5, 5.41) is 9.47. The zero-order chi connectivity index (χ0) is 21.6. The van der Waals surface area contributed by atoms with E-state index >= 15 is 0 Å². The molecule has 0 aliphatic heterocycles. The van der Waals surface area contributed by atoms with Crippen molar-refractivity contribution in [3.05, 3.63) is 29.3 Å². The second-order valence-corrected chi connectivity index (χ2v) is 7.76. The van der Waals surface area contributed by atoms with Crippen molar-refractivity contribution in [1.82, 2.24) is 16.0 Å². The van der Waals surface area contributed by atoms with Crippen LogP contribution in [0, 0.1) is 6.92 Å². The van der Waals surface area contributed by atoms with Gasteiger partial charge in [0.15, 0.2) is 5.96 Å². The quantitative estimate of drug-likeness (QED) is 0.171. The van der Waals surface area contributed by atoms with Crippen LogP contribution in [0.1, 0.15) is 56.6 Å². The topological polar surface area (TPSA) is 84.0 Å². The Hall–Kier alpha value is -1.55. The standard InChI is InChI=1S/C23H38N4O3.HI/c1-4-24-23(26-17-22(28)27-20-9-6-5-7-10-20)25-16-19-12-11-18(2)15-21(19)30-14-8-13-29-3;/h11-12,15,20H,4-10,13-14,16-17H2,1-3H3,(H,27,28)(H2,24,25,26);1H. The average molecular weight is 546 g/mol. The van der Waals surface area contributed by atoms with Crippen LogP contribution < -0.4 is 20.7 Å². The molecule has 3 N–H and O–H groups in total. The van der Waals surface area contributed by atoms with E-state index < -0.39 is 0 Å². The number of amides is 1. The zero-order valence-electron chi connectivity index (χ0n) is 19.2. The SMILES string of the molecule is CCNC(=NCc1ccc(C)cc1OCCCOC)NCC(=O)NC1CCCCC1.I. The van der Waals surface area contributed by atoms with E-state index in [-0.39, 0.29) is 36.4 Å². The summed E-state index contributed by atoms with van der Waals surface area (Å²) in [4.78, 5) is 16.9. The van der Waals surface area contributed by atoms with Crippen molar-refractivity contribution in [1.29, 1.82) is 0 Å². The van der Waals surface area contributed by atoms with E-state index in [0.717, 1.165) is 42.7 Å². The van der Waals surface area contributed by atoms with Gasteiger partial charge in [-0.1, -0.05) is 31.4 Å². The minimum absolute atomic E-state index is 0. The monoisotopic (exact) mass is 546 g/mol. The number of ether oxygens (including phenoxy) is 2. The molecule has 176 valence electrons. The molecule has 1 aromatic rings. The Labute approximate surface area is 204 Å². The summed E-state index contributed by atoms with van der Waals surface area (Å²) in [6, 6.07) is 6.46. The molecule has 0 unspecified atom stereocenters. The van der Waals surface area contributed by atoms with E-state index in [4.69, 9.17) is 9.47 Å². The highest BCUT2D eigenvalue weighted by Crippen LogP contribution is 2.21. The van der Waals surface area contributed by atoms with Gasteiger partial charge in [-0.3, -0.25) is 4.79 Å². The maximum Gasteiger partial charge on any atom is 0.239 e. The van der Waals surface area contributed by atoms with Crippen LogP contribution in [0.2, 0.25) is 0 Å². The molecule has 8 heteroatoms. The number of nitrogens with zero attached hydrogens (tertiary/aromatic N) is 1. The molecule has 0 atom stereocenters. The molecule has 31 heavy (non-hydrogen) atoms. The van der Waals surface area contributed by atoms with Gasteiger partial charge in [-0.2, -0.15) is 0 Å². The number of rotatable bonds is 11. The Bertz CT molecular complexity index is 679. The molecule has 0 aromatic heterocycles. The lowest BCUT2D eigenvalue weighted by Gasteiger charge is -2.23. The first-order valence-electron chi connectivity index (χ1n) is 11.1. The second-order valence-electron chi connectivity index (χ2n) is 7.76. The van der Waals surface area contributed by atoms with Crippen LogP contribution in [0.5, 0.6) is 5.75 Å². The highest BCUT2D eigenvalue weighted by molar-refractivity contribution is 14.0. The molecular formula is C23H39IN4O3. The molecule has 1 aromatic carbocycles. The van der Waals surface area contributed by atoms with Crippen LogP contribution in [0.4, 0.5) is 0 Å². The van der Waals surface area contributed by atoms with E-state index in [1.165, 1.54) is 19.3 Å². The highest BCUT2D eigenvalue weighted by Gasteiger charge is 2.15. The van der Waals surface area contributed by atoms with Gasteiger partial charge in [-0.15, -0.1) is 24.0 Å². The molecule has 2 rings (SSSR count). The van der Waals surface area contributed by atoms with E-state index in [9.17, 15) is 4.79 Å². The van der Waals surface area contributed by atoms with Crippen LogP contribution in [0.25, 0.3) is 0 Å². The van der Waals surface area contributed by atoms with Gasteiger partial charge in [0.25, 0.3) is 0 Å². The normalized spacial score (nSPS) is 14.5. The molecule has 0 bridgehead atoms. The lowest BCUT2D eigenvalue weighted by Crippen LogP contribution is -2.46. The third-order valence-corrected chi connectivity index (χ3v) is 5.11. The number of halogens is 1. The van der Waals surface area contributed by atoms with Gasteiger partial charge in [0.05, 0.1) is 19.7 Å². The fraction of sp³-hybridized carbons (Fsp3) is 0.652. The predicted octanol–water partition coefficient (Wildman–Crippen LogP) is 3.53. The molecule has 0 heterocycles. The maximum atomic E-state index is 12.3. The van der Waals surface area contributed by atoms with Crippen LogP contribution in [-0.2, 0) is 16.1 Å². The van der Waals surface area contributed by atoms with Gasteiger partial charge in [-0.25, -0.2) is 4.99 Å². The number of nitrogens with one attached hydrogen (secondary N) is 3. The number of aliphatic imine (C=N–C) groups is 1. The van der Waals surface area contributed by atoms with Gasteiger partial charge < -0.3 is 25.4 Å². The number of carbonyl (C=O) groups is 1. The Balaban J connectivity index is 0.00000480. The lowest BCUT2D eigenvalue weighted by molar-refractivity contribution is -0.120. The molecule has 0 saturated heterocycles. The first-order valence-corrected chi connectivity index (χ1v) is 11.1. The van der Waals surface area contributed by atoms with Crippen LogP contribution in [-0.4, -0.2) is 51.3 Å². The second kappa shape index (κ2) is 16.1. The van der Waals surface area contributed by atoms with Crippen LogP contribution in [0.3, 0.4) is 0 Å². The molecule has 1 saturated carbocycles. The molecular weight excluding hydrogens is 507 g/mol. The number of methoxy groups -OCH3 is 1. The van der Waals surface area contributed by atoms with Crippen LogP contribution >= 0.6 is 24.0 Å². The van der Waals surface area contributed by atoms with Crippen molar-refractivity contribution in [2.75, 3.05) is 33.4 Å².